The monoisotopic (exact) mass is 1020 g/mol. The zero-order chi connectivity index (χ0) is 52.2. The Hall–Kier alpha value is -10.8. The highest BCUT2D eigenvalue weighted by Crippen LogP contribution is 2.51. The SMILES string of the molecule is c1ccc2c(c1)-c1cc(-n3c4ccccc4c4cc(-n5c6ccccc6c6ccccc65)ccc43)ccc1-c1ccc(-n3c4ccccc4c4cc(-n5c6ccccc6c6ccccc65)ccc43)cc1-c1ccc3cccnc3c1-2. The molecule has 0 bridgehead atoms. The van der Waals surface area contributed by atoms with E-state index in [1.54, 1.807) is 0 Å². The van der Waals surface area contributed by atoms with Gasteiger partial charge in [0.2, 0.25) is 0 Å². The molecule has 1 aliphatic carbocycles. The van der Waals surface area contributed by atoms with Gasteiger partial charge in [-0.1, -0.05) is 164 Å². The molecule has 5 aromatic heterocycles. The van der Waals surface area contributed by atoms with Crippen molar-refractivity contribution in [1.29, 1.82) is 0 Å². The van der Waals surface area contributed by atoms with E-state index >= 15 is 0 Å². The number of hydrogen-bond donors (Lipinski definition) is 0. The molecular weight excluding hydrogens is 971 g/mol. The standard InChI is InChI=1S/C75H45N5/c1-2-24-60-51(17-1)62-42-47(79-70-29-13-7-22-58(70)64-44-49(34-39-72(64)79)77-66-25-9-3-18-54(66)55-19-4-10-26-67(55)77)32-37-52(62)53-38-33-48(43-63(53)61-36-31-46-16-15-41-76-75(46)74(60)61)80-71-30-14-8-23-59(71)65-45-50(35-40-73(65)80)78-68-27-11-5-20-56(68)57-21-6-12-28-69(57)78/h1-45H. The highest BCUT2D eigenvalue weighted by Gasteiger charge is 2.27. The highest BCUT2D eigenvalue weighted by molar-refractivity contribution is 6.16. The number of para-hydroxylation sites is 6. The Kier molecular flexibility index (Phi) is 8.88. The summed E-state index contributed by atoms with van der Waals surface area (Å²) >= 11 is 0. The van der Waals surface area contributed by atoms with E-state index in [-0.39, 0.29) is 0 Å². The average molecular weight is 1020 g/mol. The molecule has 5 heterocycles. The van der Waals surface area contributed by atoms with Crippen LogP contribution in [0, 0.1) is 0 Å². The van der Waals surface area contributed by atoms with Crippen molar-refractivity contribution in [3.05, 3.63) is 273 Å². The molecule has 0 N–H and O–H groups in total. The number of nitrogens with zero attached hydrogens (tertiary/aromatic N) is 5. The predicted octanol–water partition coefficient (Wildman–Crippen LogP) is 19.6. The number of fused-ring (bicyclic) bond motifs is 22. The van der Waals surface area contributed by atoms with Gasteiger partial charge in [0.15, 0.2) is 0 Å². The first-order chi connectivity index (χ1) is 39.7. The van der Waals surface area contributed by atoms with E-state index in [9.17, 15) is 0 Å². The second kappa shape index (κ2) is 16.4. The Labute approximate surface area is 459 Å². The van der Waals surface area contributed by atoms with Crippen LogP contribution in [0.1, 0.15) is 0 Å². The summed E-state index contributed by atoms with van der Waals surface area (Å²) in [7, 11) is 0. The molecule has 0 spiro atoms. The second-order valence-electron chi connectivity index (χ2n) is 21.4. The van der Waals surface area contributed by atoms with E-state index in [0.717, 1.165) is 72.5 Å². The number of rotatable bonds is 4. The lowest BCUT2D eigenvalue weighted by atomic mass is 9.80. The minimum atomic E-state index is 0.990. The van der Waals surface area contributed by atoms with E-state index in [1.165, 1.54) is 92.9 Å². The van der Waals surface area contributed by atoms with Crippen molar-refractivity contribution in [3.63, 3.8) is 0 Å². The molecule has 370 valence electrons. The molecule has 0 unspecified atom stereocenters. The minimum Gasteiger partial charge on any atom is -0.309 e. The summed E-state index contributed by atoms with van der Waals surface area (Å²) in [6, 6.07) is 98.8. The first kappa shape index (κ1) is 43.4. The molecule has 0 aliphatic heterocycles. The van der Waals surface area contributed by atoms with Gasteiger partial charge in [-0.05, 0) is 142 Å². The third kappa shape index (κ3) is 5.98. The summed E-state index contributed by atoms with van der Waals surface area (Å²) in [6.07, 6.45) is 1.94. The molecule has 0 saturated heterocycles. The summed E-state index contributed by atoms with van der Waals surface area (Å²) in [6.45, 7) is 0. The minimum absolute atomic E-state index is 0.990. The van der Waals surface area contributed by atoms with Gasteiger partial charge in [0.05, 0.1) is 49.7 Å². The third-order valence-corrected chi connectivity index (χ3v) is 17.4. The molecule has 0 saturated carbocycles. The van der Waals surface area contributed by atoms with Crippen LogP contribution in [-0.4, -0.2) is 23.3 Å². The summed E-state index contributed by atoms with van der Waals surface area (Å²) in [5, 5.41) is 11.0. The Morgan fingerprint density at radius 1 is 0.212 bits per heavy atom. The van der Waals surface area contributed by atoms with Gasteiger partial charge in [-0.15, -0.1) is 0 Å². The zero-order valence-corrected chi connectivity index (χ0v) is 43.2. The van der Waals surface area contributed by atoms with Crippen molar-refractivity contribution in [1.82, 2.24) is 23.3 Å². The molecule has 18 rings (SSSR count). The second-order valence-corrected chi connectivity index (χ2v) is 21.4. The van der Waals surface area contributed by atoms with Crippen LogP contribution in [-0.2, 0) is 0 Å². The van der Waals surface area contributed by atoms with Gasteiger partial charge in [-0.2, -0.15) is 0 Å². The lowest BCUT2D eigenvalue weighted by molar-refractivity contribution is 1.16. The van der Waals surface area contributed by atoms with Crippen molar-refractivity contribution in [2.45, 2.75) is 0 Å². The van der Waals surface area contributed by atoms with E-state index in [1.807, 2.05) is 12.3 Å². The van der Waals surface area contributed by atoms with Crippen LogP contribution >= 0.6 is 0 Å². The van der Waals surface area contributed by atoms with Crippen molar-refractivity contribution < 1.29 is 0 Å². The Morgan fingerprint density at radius 3 is 0.988 bits per heavy atom. The number of benzene rings is 12. The van der Waals surface area contributed by atoms with Crippen molar-refractivity contribution >= 4 is 98.1 Å². The van der Waals surface area contributed by atoms with Crippen LogP contribution in [0.5, 0.6) is 0 Å². The Morgan fingerprint density at radius 2 is 0.537 bits per heavy atom. The fourth-order valence-corrected chi connectivity index (χ4v) is 14.0. The van der Waals surface area contributed by atoms with Crippen molar-refractivity contribution in [3.8, 4) is 67.3 Å². The van der Waals surface area contributed by atoms with Crippen LogP contribution in [0.2, 0.25) is 0 Å². The van der Waals surface area contributed by atoms with Crippen molar-refractivity contribution in [2.75, 3.05) is 0 Å². The molecule has 17 aromatic rings. The molecular formula is C75H45N5. The largest absolute Gasteiger partial charge is 0.309 e. The fourth-order valence-electron chi connectivity index (χ4n) is 14.0. The Balaban J connectivity index is 0.858. The van der Waals surface area contributed by atoms with Gasteiger partial charge < -0.3 is 18.3 Å². The normalized spacial score (nSPS) is 12.2. The van der Waals surface area contributed by atoms with Gasteiger partial charge in [-0.3, -0.25) is 4.98 Å². The van der Waals surface area contributed by atoms with Gasteiger partial charge >= 0.3 is 0 Å². The van der Waals surface area contributed by atoms with Gasteiger partial charge in [0, 0.05) is 83.0 Å². The Bertz CT molecular complexity index is 5400. The third-order valence-electron chi connectivity index (χ3n) is 17.4. The van der Waals surface area contributed by atoms with Crippen LogP contribution in [0.3, 0.4) is 0 Å². The first-order valence-electron chi connectivity index (χ1n) is 27.5. The molecule has 0 amide bonds. The molecule has 1 aliphatic rings. The molecule has 80 heavy (non-hydrogen) atoms. The van der Waals surface area contributed by atoms with E-state index in [2.05, 4.69) is 279 Å². The smallest absolute Gasteiger partial charge is 0.0786 e. The lowest BCUT2D eigenvalue weighted by Gasteiger charge is -2.25. The average Bonchev–Trinajstić information content (AvgIpc) is 4.40. The van der Waals surface area contributed by atoms with E-state index < -0.39 is 0 Å². The van der Waals surface area contributed by atoms with E-state index in [4.69, 9.17) is 4.98 Å². The number of hydrogen-bond acceptors (Lipinski definition) is 1. The number of pyridine rings is 1. The van der Waals surface area contributed by atoms with E-state index in [0.29, 0.717) is 0 Å². The summed E-state index contributed by atoms with van der Waals surface area (Å²) < 4.78 is 9.77. The topological polar surface area (TPSA) is 32.6 Å². The quantitative estimate of drug-likeness (QED) is 0.173. The first-order valence-corrected chi connectivity index (χ1v) is 27.5. The van der Waals surface area contributed by atoms with Gasteiger partial charge in [-0.25, -0.2) is 0 Å². The van der Waals surface area contributed by atoms with Crippen LogP contribution < -0.4 is 0 Å². The van der Waals surface area contributed by atoms with Crippen LogP contribution in [0.4, 0.5) is 0 Å². The maximum atomic E-state index is 5.19. The molecule has 5 nitrogen and oxygen atoms in total. The maximum absolute atomic E-state index is 5.19. The van der Waals surface area contributed by atoms with Gasteiger partial charge in [0.25, 0.3) is 0 Å². The summed E-state index contributed by atoms with van der Waals surface area (Å²) in [5.41, 5.74) is 24.3. The maximum Gasteiger partial charge on any atom is 0.0786 e. The predicted molar refractivity (Wildman–Crippen MR) is 334 cm³/mol. The van der Waals surface area contributed by atoms with Crippen LogP contribution in [0.25, 0.3) is 165 Å². The summed E-state index contributed by atoms with van der Waals surface area (Å²) in [5.74, 6) is 0. The van der Waals surface area contributed by atoms with Gasteiger partial charge in [0.1, 0.15) is 0 Å². The van der Waals surface area contributed by atoms with Crippen molar-refractivity contribution in [2.24, 2.45) is 0 Å². The number of aromatic nitrogens is 5. The summed E-state index contributed by atoms with van der Waals surface area (Å²) in [4.78, 5) is 5.19. The highest BCUT2D eigenvalue weighted by atomic mass is 15.0. The molecule has 12 aromatic carbocycles. The van der Waals surface area contributed by atoms with Crippen LogP contribution in [0.15, 0.2) is 273 Å². The zero-order valence-electron chi connectivity index (χ0n) is 43.2. The molecule has 0 radical (unpaired) electrons. The molecule has 0 fully saturated rings. The molecule has 5 heteroatoms. The fraction of sp³-hybridized carbons (Fsp3) is 0. The lowest BCUT2D eigenvalue weighted by Crippen LogP contribution is -2.02. The molecule has 0 atom stereocenters.